The molecule has 0 saturated carbocycles. The normalized spacial score (nSPS) is 9.90. The quantitative estimate of drug-likeness (QED) is 0.399. The van der Waals surface area contributed by atoms with Gasteiger partial charge in [0.15, 0.2) is 0 Å². The first-order chi connectivity index (χ1) is 14.9. The highest BCUT2D eigenvalue weighted by atomic mass is 15.1. The highest BCUT2D eigenvalue weighted by molar-refractivity contribution is 5.76. The first-order valence-corrected chi connectivity index (χ1v) is 12.4. The summed E-state index contributed by atoms with van der Waals surface area (Å²) in [6.45, 7) is 22.6. The van der Waals surface area contributed by atoms with Crippen molar-refractivity contribution in [2.24, 2.45) is 5.92 Å². The molecule has 0 fully saturated rings. The largest absolute Gasteiger partial charge is 0.328 e. The van der Waals surface area contributed by atoms with Gasteiger partial charge >= 0.3 is 0 Å². The van der Waals surface area contributed by atoms with Gasteiger partial charge < -0.3 is 4.57 Å². The van der Waals surface area contributed by atoms with Crippen LogP contribution in [0.2, 0.25) is 0 Å². The molecule has 0 spiro atoms. The van der Waals surface area contributed by atoms with Crippen LogP contribution in [0.15, 0.2) is 42.5 Å². The number of hydrogen-bond donors (Lipinski definition) is 0. The van der Waals surface area contributed by atoms with E-state index in [9.17, 15) is 0 Å². The minimum Gasteiger partial charge on any atom is -0.328 e. The molecular weight excluding hydrogens is 376 g/mol. The van der Waals surface area contributed by atoms with E-state index in [-0.39, 0.29) is 0 Å². The lowest BCUT2D eigenvalue weighted by molar-refractivity contribution is 0.626. The van der Waals surface area contributed by atoms with Gasteiger partial charge in [0.05, 0.1) is 11.0 Å². The van der Waals surface area contributed by atoms with Crippen molar-refractivity contribution in [2.45, 2.75) is 101 Å². The third kappa shape index (κ3) is 10.2. The summed E-state index contributed by atoms with van der Waals surface area (Å²) in [6.07, 6.45) is 4.62. The van der Waals surface area contributed by atoms with Crippen molar-refractivity contribution in [3.05, 3.63) is 65.0 Å². The Labute approximate surface area is 193 Å². The van der Waals surface area contributed by atoms with Crippen molar-refractivity contribution in [3.63, 3.8) is 0 Å². The number of rotatable bonds is 5. The zero-order valence-corrected chi connectivity index (χ0v) is 22.0. The molecule has 1 heterocycles. The van der Waals surface area contributed by atoms with Crippen LogP contribution in [0, 0.1) is 19.8 Å². The molecule has 2 heteroatoms. The average Bonchev–Trinajstić information content (AvgIpc) is 3.13. The van der Waals surface area contributed by atoms with E-state index in [1.807, 2.05) is 13.8 Å². The number of aryl methyl sites for hydroxylation is 5. The minimum absolute atomic E-state index is 0.884. The van der Waals surface area contributed by atoms with Gasteiger partial charge in [0, 0.05) is 13.0 Å². The fourth-order valence-electron chi connectivity index (χ4n) is 3.03. The van der Waals surface area contributed by atoms with Crippen LogP contribution in [0.25, 0.3) is 11.0 Å². The second-order valence-corrected chi connectivity index (χ2v) is 8.11. The molecule has 2 aromatic carbocycles. The molecule has 31 heavy (non-hydrogen) atoms. The average molecular weight is 425 g/mol. The lowest BCUT2D eigenvalue weighted by Crippen LogP contribution is -2.01. The van der Waals surface area contributed by atoms with E-state index in [1.165, 1.54) is 34.5 Å². The van der Waals surface area contributed by atoms with Crippen molar-refractivity contribution in [1.29, 1.82) is 0 Å². The summed E-state index contributed by atoms with van der Waals surface area (Å²) in [4.78, 5) is 4.65. The predicted octanol–water partition coefficient (Wildman–Crippen LogP) is 8.95. The van der Waals surface area contributed by atoms with Crippen molar-refractivity contribution in [2.75, 3.05) is 0 Å². The molecule has 0 aliphatic rings. The zero-order valence-electron chi connectivity index (χ0n) is 22.0. The molecule has 0 radical (unpaired) electrons. The topological polar surface area (TPSA) is 17.8 Å². The maximum Gasteiger partial charge on any atom is 0.109 e. The molecule has 0 aliphatic heterocycles. The first-order valence-electron chi connectivity index (χ1n) is 12.4. The van der Waals surface area contributed by atoms with Crippen molar-refractivity contribution < 1.29 is 0 Å². The molecule has 0 unspecified atom stereocenters. The van der Waals surface area contributed by atoms with Gasteiger partial charge in [-0.3, -0.25) is 0 Å². The van der Waals surface area contributed by atoms with Crippen LogP contribution in [-0.2, 0) is 19.4 Å². The Hall–Kier alpha value is -2.09. The minimum atomic E-state index is 0.884. The Bertz CT molecular complexity index is 843. The number of imidazole rings is 1. The van der Waals surface area contributed by atoms with Gasteiger partial charge in [-0.1, -0.05) is 92.1 Å². The fourth-order valence-corrected chi connectivity index (χ4v) is 3.03. The predicted molar refractivity (Wildman–Crippen MR) is 141 cm³/mol. The Morgan fingerprint density at radius 3 is 1.94 bits per heavy atom. The second-order valence-electron chi connectivity index (χ2n) is 8.11. The zero-order chi connectivity index (χ0) is 23.8. The molecule has 0 aliphatic carbocycles. The Balaban J connectivity index is 0.000000479. The van der Waals surface area contributed by atoms with Gasteiger partial charge in [-0.05, 0) is 61.4 Å². The molecule has 2 nitrogen and oxygen atoms in total. The number of aromatic nitrogens is 2. The van der Waals surface area contributed by atoms with Crippen molar-refractivity contribution in [3.8, 4) is 0 Å². The van der Waals surface area contributed by atoms with Crippen molar-refractivity contribution >= 4 is 11.0 Å². The van der Waals surface area contributed by atoms with Gasteiger partial charge in [0.2, 0.25) is 0 Å². The van der Waals surface area contributed by atoms with Crippen LogP contribution in [-0.4, -0.2) is 9.55 Å². The van der Waals surface area contributed by atoms with Gasteiger partial charge in [-0.25, -0.2) is 4.98 Å². The molecule has 0 saturated heterocycles. The molecular formula is C29H48N2. The fraction of sp³-hybridized carbons (Fsp3) is 0.552. The van der Waals surface area contributed by atoms with Gasteiger partial charge in [-0.2, -0.15) is 0 Å². The lowest BCUT2D eigenvalue weighted by atomic mass is 10.1. The van der Waals surface area contributed by atoms with Crippen LogP contribution in [0.4, 0.5) is 0 Å². The van der Waals surface area contributed by atoms with E-state index in [1.54, 1.807) is 0 Å². The summed E-state index contributed by atoms with van der Waals surface area (Å²) < 4.78 is 2.35. The van der Waals surface area contributed by atoms with Gasteiger partial charge in [0.25, 0.3) is 0 Å². The molecule has 3 aromatic rings. The smallest absolute Gasteiger partial charge is 0.109 e. The molecule has 0 atom stereocenters. The lowest BCUT2D eigenvalue weighted by Gasteiger charge is -2.05. The summed E-state index contributed by atoms with van der Waals surface area (Å²) in [5.74, 6) is 2.09. The van der Waals surface area contributed by atoms with Crippen LogP contribution in [0.1, 0.15) is 90.7 Å². The SMILES string of the molecule is CC.CCC(C)C.CCCn1c(CC)nc2ccc(C)cc21.CCc1ccccc1C. The van der Waals surface area contributed by atoms with Gasteiger partial charge in [0.1, 0.15) is 5.82 Å². The summed E-state index contributed by atoms with van der Waals surface area (Å²) >= 11 is 0. The Kier molecular flexibility index (Phi) is 15.5. The molecule has 0 amide bonds. The van der Waals surface area contributed by atoms with E-state index in [0.29, 0.717) is 0 Å². The van der Waals surface area contributed by atoms with Crippen LogP contribution >= 0.6 is 0 Å². The second kappa shape index (κ2) is 16.6. The molecule has 1 aromatic heterocycles. The van der Waals surface area contributed by atoms with E-state index >= 15 is 0 Å². The first kappa shape index (κ1) is 28.9. The van der Waals surface area contributed by atoms with E-state index in [2.05, 4.69) is 107 Å². The Morgan fingerprint density at radius 1 is 0.871 bits per heavy atom. The Morgan fingerprint density at radius 2 is 1.48 bits per heavy atom. The van der Waals surface area contributed by atoms with Crippen LogP contribution in [0.3, 0.4) is 0 Å². The summed E-state index contributed by atoms with van der Waals surface area (Å²) in [5.41, 5.74) is 6.58. The van der Waals surface area contributed by atoms with Crippen molar-refractivity contribution in [1.82, 2.24) is 9.55 Å². The molecule has 3 rings (SSSR count). The summed E-state index contributed by atoms with van der Waals surface area (Å²) in [5, 5.41) is 0. The highest BCUT2D eigenvalue weighted by Crippen LogP contribution is 2.18. The molecule has 0 N–H and O–H groups in total. The maximum atomic E-state index is 4.65. The monoisotopic (exact) mass is 424 g/mol. The number of nitrogens with zero attached hydrogens (tertiary/aromatic N) is 2. The van der Waals surface area contributed by atoms with E-state index < -0.39 is 0 Å². The maximum absolute atomic E-state index is 4.65. The number of benzene rings is 2. The third-order valence-electron chi connectivity index (χ3n) is 5.20. The van der Waals surface area contributed by atoms with E-state index in [0.717, 1.165) is 37.2 Å². The summed E-state index contributed by atoms with van der Waals surface area (Å²) in [7, 11) is 0. The van der Waals surface area contributed by atoms with Crippen LogP contribution in [0.5, 0.6) is 0 Å². The third-order valence-corrected chi connectivity index (χ3v) is 5.20. The van der Waals surface area contributed by atoms with Gasteiger partial charge in [-0.15, -0.1) is 0 Å². The molecule has 174 valence electrons. The summed E-state index contributed by atoms with van der Waals surface area (Å²) in [6, 6.07) is 15.0. The standard InChI is InChI=1S/C13H18N2.C9H12.C5H12.C2H6/c1-4-8-15-12-9-10(3)6-7-11(12)14-13(15)5-2;1-3-9-7-5-4-6-8(9)2;1-4-5(2)3;1-2/h6-7,9H,4-5,8H2,1-3H3;4-7H,3H2,1-2H3;5H,4H2,1-3H3;1-2H3. The molecule has 0 bridgehead atoms. The van der Waals surface area contributed by atoms with Crippen LogP contribution < -0.4 is 0 Å². The highest BCUT2D eigenvalue weighted by Gasteiger charge is 2.07. The number of fused-ring (bicyclic) bond motifs is 1. The number of hydrogen-bond acceptors (Lipinski definition) is 1. The van der Waals surface area contributed by atoms with E-state index in [4.69, 9.17) is 0 Å².